The molecular formula is C7H9NO3S. The molecule has 0 aromatic carbocycles. The maximum absolute atomic E-state index is 10.3. The molecule has 4 nitrogen and oxygen atoms in total. The van der Waals surface area contributed by atoms with Crippen molar-refractivity contribution in [3.63, 3.8) is 0 Å². The van der Waals surface area contributed by atoms with E-state index in [-0.39, 0.29) is 5.00 Å². The largest absolute Gasteiger partial charge is 0.393 e. The van der Waals surface area contributed by atoms with Crippen LogP contribution in [0.4, 0.5) is 5.00 Å². The lowest BCUT2D eigenvalue weighted by Crippen LogP contribution is -2.01. The molecule has 0 saturated carbocycles. The van der Waals surface area contributed by atoms with Crippen molar-refractivity contribution in [1.29, 1.82) is 0 Å². The summed E-state index contributed by atoms with van der Waals surface area (Å²) in [5.74, 6) is 0. The van der Waals surface area contributed by atoms with Gasteiger partial charge < -0.3 is 5.11 Å². The van der Waals surface area contributed by atoms with Gasteiger partial charge >= 0.3 is 5.00 Å². The summed E-state index contributed by atoms with van der Waals surface area (Å²) in [6.45, 7) is 1.66. The van der Waals surface area contributed by atoms with Gasteiger partial charge in [-0.1, -0.05) is 11.3 Å². The van der Waals surface area contributed by atoms with E-state index in [9.17, 15) is 10.1 Å². The second kappa shape index (κ2) is 3.64. The maximum atomic E-state index is 10.3. The van der Waals surface area contributed by atoms with E-state index in [2.05, 4.69) is 0 Å². The van der Waals surface area contributed by atoms with E-state index >= 15 is 0 Å². The third-order valence-corrected chi connectivity index (χ3v) is 2.38. The Labute approximate surface area is 73.6 Å². The van der Waals surface area contributed by atoms with Gasteiger partial charge in [0.15, 0.2) is 0 Å². The first-order valence-electron chi connectivity index (χ1n) is 3.51. The summed E-state index contributed by atoms with van der Waals surface area (Å²) in [5.41, 5.74) is 0. The molecule has 0 aliphatic heterocycles. The van der Waals surface area contributed by atoms with Crippen molar-refractivity contribution in [1.82, 2.24) is 0 Å². The normalized spacial score (nSPS) is 12.8. The number of aliphatic hydroxyl groups excluding tert-OH is 1. The van der Waals surface area contributed by atoms with Gasteiger partial charge in [0.1, 0.15) is 0 Å². The Morgan fingerprint density at radius 1 is 1.75 bits per heavy atom. The number of hydrogen-bond donors (Lipinski definition) is 1. The molecule has 0 spiro atoms. The first-order valence-corrected chi connectivity index (χ1v) is 4.32. The number of thiophene rings is 1. The smallest absolute Gasteiger partial charge is 0.324 e. The zero-order valence-electron chi connectivity index (χ0n) is 6.56. The fourth-order valence-corrected chi connectivity index (χ4v) is 1.81. The molecule has 0 amide bonds. The lowest BCUT2D eigenvalue weighted by atomic mass is 10.2. The molecule has 0 saturated heterocycles. The Morgan fingerprint density at radius 2 is 2.42 bits per heavy atom. The Morgan fingerprint density at radius 3 is 2.83 bits per heavy atom. The summed E-state index contributed by atoms with van der Waals surface area (Å²) >= 11 is 1.11. The highest BCUT2D eigenvalue weighted by Crippen LogP contribution is 2.24. The van der Waals surface area contributed by atoms with E-state index in [1.54, 1.807) is 13.0 Å². The first kappa shape index (κ1) is 9.15. The van der Waals surface area contributed by atoms with Crippen LogP contribution >= 0.6 is 11.3 Å². The minimum Gasteiger partial charge on any atom is -0.393 e. The molecule has 1 N–H and O–H groups in total. The highest BCUT2D eigenvalue weighted by atomic mass is 32.1. The fourth-order valence-electron chi connectivity index (χ4n) is 0.866. The van der Waals surface area contributed by atoms with E-state index in [1.165, 1.54) is 6.07 Å². The Hall–Kier alpha value is -0.940. The van der Waals surface area contributed by atoms with Gasteiger partial charge in [-0.2, -0.15) is 0 Å². The Balaban J connectivity index is 2.71. The van der Waals surface area contributed by atoms with Crippen LogP contribution in [-0.4, -0.2) is 16.1 Å². The molecule has 1 rings (SSSR count). The van der Waals surface area contributed by atoms with Gasteiger partial charge in [0.2, 0.25) is 0 Å². The van der Waals surface area contributed by atoms with Gasteiger partial charge in [-0.05, 0) is 13.0 Å². The van der Waals surface area contributed by atoms with Crippen LogP contribution in [0.25, 0.3) is 0 Å². The van der Waals surface area contributed by atoms with E-state index in [0.717, 1.165) is 16.2 Å². The predicted molar refractivity (Wildman–Crippen MR) is 46.4 cm³/mol. The Kier molecular flexibility index (Phi) is 2.78. The van der Waals surface area contributed by atoms with Gasteiger partial charge in [-0.25, -0.2) is 0 Å². The molecule has 1 atom stereocenters. The van der Waals surface area contributed by atoms with Crippen LogP contribution in [0.3, 0.4) is 0 Å². The van der Waals surface area contributed by atoms with Crippen molar-refractivity contribution in [2.24, 2.45) is 0 Å². The zero-order chi connectivity index (χ0) is 9.14. The van der Waals surface area contributed by atoms with Crippen molar-refractivity contribution in [2.45, 2.75) is 19.4 Å². The van der Waals surface area contributed by atoms with Crippen LogP contribution in [-0.2, 0) is 6.42 Å². The van der Waals surface area contributed by atoms with Gasteiger partial charge in [0, 0.05) is 17.4 Å². The second-order valence-corrected chi connectivity index (χ2v) is 3.70. The maximum Gasteiger partial charge on any atom is 0.324 e. The molecule has 0 radical (unpaired) electrons. The summed E-state index contributed by atoms with van der Waals surface area (Å²) in [5, 5.41) is 19.4. The minimum atomic E-state index is -0.441. The molecule has 0 fully saturated rings. The molecule has 1 aromatic heterocycles. The number of nitrogens with zero attached hydrogens (tertiary/aromatic N) is 1. The summed E-state index contributed by atoms with van der Waals surface area (Å²) in [6.07, 6.45) is 0.0432. The average molecular weight is 187 g/mol. The third kappa shape index (κ3) is 2.28. The van der Waals surface area contributed by atoms with Gasteiger partial charge in [0.05, 0.1) is 11.0 Å². The van der Waals surface area contributed by atoms with Crippen LogP contribution < -0.4 is 0 Å². The topological polar surface area (TPSA) is 63.4 Å². The highest BCUT2D eigenvalue weighted by Gasteiger charge is 2.10. The monoisotopic (exact) mass is 187 g/mol. The van der Waals surface area contributed by atoms with E-state index in [1.807, 2.05) is 0 Å². The molecule has 5 heteroatoms. The second-order valence-electron chi connectivity index (χ2n) is 2.55. The van der Waals surface area contributed by atoms with Crippen LogP contribution in [0.2, 0.25) is 0 Å². The van der Waals surface area contributed by atoms with Crippen molar-refractivity contribution < 1.29 is 10.0 Å². The van der Waals surface area contributed by atoms with Crippen molar-refractivity contribution >= 4 is 16.3 Å². The number of nitro groups is 1. The van der Waals surface area contributed by atoms with Crippen LogP contribution in [0, 0.1) is 10.1 Å². The lowest BCUT2D eigenvalue weighted by Gasteiger charge is -1.97. The SMILES string of the molecule is C[C@@H](O)Cc1ccc([N+](=O)[O-])s1. The van der Waals surface area contributed by atoms with Crippen LogP contribution in [0.1, 0.15) is 11.8 Å². The average Bonchev–Trinajstić information content (AvgIpc) is 2.34. The van der Waals surface area contributed by atoms with E-state index in [0.29, 0.717) is 6.42 Å². The third-order valence-electron chi connectivity index (χ3n) is 1.32. The molecule has 1 heterocycles. The van der Waals surface area contributed by atoms with Gasteiger partial charge in [-0.15, -0.1) is 0 Å². The van der Waals surface area contributed by atoms with Crippen LogP contribution in [0.5, 0.6) is 0 Å². The van der Waals surface area contributed by atoms with E-state index < -0.39 is 11.0 Å². The molecule has 66 valence electrons. The predicted octanol–water partition coefficient (Wildman–Crippen LogP) is 1.58. The summed E-state index contributed by atoms with van der Waals surface area (Å²) in [4.78, 5) is 10.7. The first-order chi connectivity index (χ1) is 5.59. The molecule has 0 aliphatic carbocycles. The van der Waals surface area contributed by atoms with Crippen molar-refractivity contribution in [3.8, 4) is 0 Å². The quantitative estimate of drug-likeness (QED) is 0.577. The van der Waals surface area contributed by atoms with Gasteiger partial charge in [0.25, 0.3) is 0 Å². The molecule has 0 bridgehead atoms. The molecule has 0 aliphatic rings. The van der Waals surface area contributed by atoms with Crippen LogP contribution in [0.15, 0.2) is 12.1 Å². The standard InChI is InChI=1S/C7H9NO3S/c1-5(9)4-6-2-3-7(12-6)8(10)11/h2-3,5,9H,4H2,1H3/t5-/m1/s1. The number of rotatable bonds is 3. The number of hydrogen-bond acceptors (Lipinski definition) is 4. The number of aliphatic hydroxyl groups is 1. The van der Waals surface area contributed by atoms with Crippen molar-refractivity contribution in [2.75, 3.05) is 0 Å². The molecule has 12 heavy (non-hydrogen) atoms. The molecule has 0 unspecified atom stereocenters. The summed E-state index contributed by atoms with van der Waals surface area (Å²) < 4.78 is 0. The summed E-state index contributed by atoms with van der Waals surface area (Å²) in [7, 11) is 0. The zero-order valence-corrected chi connectivity index (χ0v) is 7.37. The molecule has 1 aromatic rings. The highest BCUT2D eigenvalue weighted by molar-refractivity contribution is 7.15. The Bertz CT molecular complexity index is 282. The van der Waals surface area contributed by atoms with Crippen molar-refractivity contribution in [3.05, 3.63) is 27.1 Å². The minimum absolute atomic E-state index is 0.130. The molecular weight excluding hydrogens is 178 g/mol. The lowest BCUT2D eigenvalue weighted by molar-refractivity contribution is -0.380. The fraction of sp³-hybridized carbons (Fsp3) is 0.429. The summed E-state index contributed by atoms with van der Waals surface area (Å²) in [6, 6.07) is 3.14. The van der Waals surface area contributed by atoms with E-state index in [4.69, 9.17) is 5.11 Å². The van der Waals surface area contributed by atoms with Gasteiger partial charge in [-0.3, -0.25) is 10.1 Å².